The minimum Gasteiger partial charge on any atom is -0.368 e. The van der Waals surface area contributed by atoms with Gasteiger partial charge in [-0.3, -0.25) is 0 Å². The van der Waals surface area contributed by atoms with E-state index in [4.69, 9.17) is 4.74 Å². The van der Waals surface area contributed by atoms with Crippen LogP contribution in [0.15, 0.2) is 24.3 Å². The van der Waals surface area contributed by atoms with Gasteiger partial charge in [-0.15, -0.1) is 0 Å². The summed E-state index contributed by atoms with van der Waals surface area (Å²) >= 11 is 0. The van der Waals surface area contributed by atoms with Gasteiger partial charge in [0, 0.05) is 13.1 Å². The molecule has 0 amide bonds. The van der Waals surface area contributed by atoms with Crippen LogP contribution in [0.5, 0.6) is 0 Å². The van der Waals surface area contributed by atoms with Crippen molar-refractivity contribution in [3.8, 4) is 0 Å². The van der Waals surface area contributed by atoms with Gasteiger partial charge in [-0.1, -0.05) is 30.4 Å². The number of morpholine rings is 1. The van der Waals surface area contributed by atoms with Crippen LogP contribution in [0.2, 0.25) is 0 Å². The molecule has 2 rings (SSSR count). The summed E-state index contributed by atoms with van der Waals surface area (Å²) in [5.74, 6) is 0. The first kappa shape index (κ1) is 13.3. The van der Waals surface area contributed by atoms with Crippen molar-refractivity contribution in [2.75, 3.05) is 20.1 Å². The molecule has 18 heavy (non-hydrogen) atoms. The zero-order valence-electron chi connectivity index (χ0n) is 11.8. The Morgan fingerprint density at radius 2 is 2.11 bits per heavy atom. The number of aryl methyl sites for hydroxylation is 1. The quantitative estimate of drug-likeness (QED) is 0.791. The molecule has 0 N–H and O–H groups in total. The second-order valence-electron chi connectivity index (χ2n) is 5.23. The Hall–Kier alpha value is -1.12. The van der Waals surface area contributed by atoms with Crippen LogP contribution < -0.4 is 0 Å². The van der Waals surface area contributed by atoms with Crippen molar-refractivity contribution < 1.29 is 4.74 Å². The summed E-state index contributed by atoms with van der Waals surface area (Å²) in [6.07, 6.45) is 4.77. The number of likely N-dealkylation sites (N-methyl/N-ethyl adjacent to an activating group) is 1. The van der Waals surface area contributed by atoms with E-state index < -0.39 is 0 Å². The van der Waals surface area contributed by atoms with Gasteiger partial charge < -0.3 is 9.64 Å². The number of hydrogen-bond acceptors (Lipinski definition) is 2. The fourth-order valence-electron chi connectivity index (χ4n) is 2.71. The van der Waals surface area contributed by atoms with E-state index in [1.807, 2.05) is 0 Å². The molecule has 2 heteroatoms. The second kappa shape index (κ2) is 5.68. The van der Waals surface area contributed by atoms with Crippen molar-refractivity contribution >= 4 is 6.08 Å². The topological polar surface area (TPSA) is 12.5 Å². The van der Waals surface area contributed by atoms with Gasteiger partial charge in [-0.25, -0.2) is 0 Å². The van der Waals surface area contributed by atoms with Gasteiger partial charge in [-0.05, 0) is 44.5 Å². The normalized spacial score (nSPS) is 25.8. The van der Waals surface area contributed by atoms with Crippen LogP contribution in [0.1, 0.15) is 36.6 Å². The van der Waals surface area contributed by atoms with Crippen LogP contribution in [0.4, 0.5) is 0 Å². The largest absolute Gasteiger partial charge is 0.368 e. The van der Waals surface area contributed by atoms with E-state index in [9.17, 15) is 0 Å². The molecule has 0 aliphatic carbocycles. The van der Waals surface area contributed by atoms with Crippen molar-refractivity contribution in [3.05, 3.63) is 41.0 Å². The van der Waals surface area contributed by atoms with Gasteiger partial charge in [-0.2, -0.15) is 0 Å². The number of ether oxygens (including phenoxy) is 1. The lowest BCUT2D eigenvalue weighted by atomic mass is 9.96. The summed E-state index contributed by atoms with van der Waals surface area (Å²) in [6.45, 7) is 8.36. The summed E-state index contributed by atoms with van der Waals surface area (Å²) in [7, 11) is 2.16. The number of allylic oxidation sites excluding steroid dienone is 1. The summed E-state index contributed by atoms with van der Waals surface area (Å²) < 4.78 is 6.11. The molecule has 1 aromatic rings. The van der Waals surface area contributed by atoms with Gasteiger partial charge in [0.05, 0.1) is 12.2 Å². The van der Waals surface area contributed by atoms with Crippen LogP contribution in [0, 0.1) is 6.92 Å². The molecule has 2 unspecified atom stereocenters. The average molecular weight is 245 g/mol. The predicted octanol–water partition coefficient (Wildman–Crippen LogP) is 3.42. The Balaban J connectivity index is 2.35. The van der Waals surface area contributed by atoms with Crippen LogP contribution >= 0.6 is 0 Å². The Bertz CT molecular complexity index is 429. The van der Waals surface area contributed by atoms with Crippen molar-refractivity contribution in [3.63, 3.8) is 0 Å². The Labute approximate surface area is 110 Å². The Morgan fingerprint density at radius 3 is 2.78 bits per heavy atom. The van der Waals surface area contributed by atoms with Gasteiger partial charge >= 0.3 is 0 Å². The van der Waals surface area contributed by atoms with Gasteiger partial charge in [0.2, 0.25) is 0 Å². The van der Waals surface area contributed by atoms with Crippen LogP contribution in [-0.2, 0) is 4.74 Å². The van der Waals surface area contributed by atoms with Crippen molar-refractivity contribution in [1.29, 1.82) is 0 Å². The third-order valence-electron chi connectivity index (χ3n) is 3.48. The molecule has 0 saturated carbocycles. The van der Waals surface area contributed by atoms with Crippen LogP contribution in [0.25, 0.3) is 6.08 Å². The molecule has 1 aliphatic heterocycles. The minimum atomic E-state index is 0.185. The summed E-state index contributed by atoms with van der Waals surface area (Å²) in [5, 5.41) is 0. The van der Waals surface area contributed by atoms with E-state index >= 15 is 0 Å². The molecule has 0 radical (unpaired) electrons. The third kappa shape index (κ3) is 2.82. The monoisotopic (exact) mass is 245 g/mol. The maximum Gasteiger partial charge on any atom is 0.0961 e. The zero-order chi connectivity index (χ0) is 13.1. The molecular weight excluding hydrogens is 222 g/mol. The SMILES string of the molecule is C/C=C\c1c(C)cccc1C1CN(C)CC(C)O1. The molecule has 2 nitrogen and oxygen atoms in total. The highest BCUT2D eigenvalue weighted by atomic mass is 16.5. The number of rotatable bonds is 2. The molecule has 1 fully saturated rings. The van der Waals surface area contributed by atoms with E-state index in [0.717, 1.165) is 13.1 Å². The highest BCUT2D eigenvalue weighted by Gasteiger charge is 2.25. The second-order valence-corrected chi connectivity index (χ2v) is 5.23. The lowest BCUT2D eigenvalue weighted by Crippen LogP contribution is -2.40. The molecule has 1 saturated heterocycles. The molecule has 2 atom stereocenters. The molecule has 1 aromatic carbocycles. The van der Waals surface area contributed by atoms with E-state index in [2.05, 4.69) is 63.1 Å². The lowest BCUT2D eigenvalue weighted by molar-refractivity contribution is -0.0716. The fourth-order valence-corrected chi connectivity index (χ4v) is 2.71. The van der Waals surface area contributed by atoms with E-state index in [0.29, 0.717) is 6.10 Å². The van der Waals surface area contributed by atoms with E-state index in [-0.39, 0.29) is 6.10 Å². The average Bonchev–Trinajstić information content (AvgIpc) is 2.30. The van der Waals surface area contributed by atoms with Crippen molar-refractivity contribution in [2.24, 2.45) is 0 Å². The minimum absolute atomic E-state index is 0.185. The lowest BCUT2D eigenvalue weighted by Gasteiger charge is -2.35. The standard InChI is InChI=1S/C16H23NO/c1-5-7-14-12(2)8-6-9-15(14)16-11-17(4)10-13(3)18-16/h5-9,13,16H,10-11H2,1-4H3/b7-5-. The highest BCUT2D eigenvalue weighted by molar-refractivity contribution is 5.58. The third-order valence-corrected chi connectivity index (χ3v) is 3.48. The summed E-state index contributed by atoms with van der Waals surface area (Å²) in [4.78, 5) is 2.35. The molecule has 1 heterocycles. The molecule has 98 valence electrons. The first-order chi connectivity index (χ1) is 8.61. The first-order valence-electron chi connectivity index (χ1n) is 6.68. The number of hydrogen-bond donors (Lipinski definition) is 0. The molecule has 1 aliphatic rings. The first-order valence-corrected chi connectivity index (χ1v) is 6.68. The maximum absolute atomic E-state index is 6.11. The van der Waals surface area contributed by atoms with Gasteiger partial charge in [0.1, 0.15) is 0 Å². The van der Waals surface area contributed by atoms with Crippen LogP contribution in [-0.4, -0.2) is 31.1 Å². The van der Waals surface area contributed by atoms with Crippen molar-refractivity contribution in [2.45, 2.75) is 33.0 Å². The summed E-state index contributed by atoms with van der Waals surface area (Å²) in [6, 6.07) is 6.48. The number of benzene rings is 1. The Morgan fingerprint density at radius 1 is 1.33 bits per heavy atom. The number of nitrogens with zero attached hydrogens (tertiary/aromatic N) is 1. The molecular formula is C16H23NO. The molecule has 0 bridgehead atoms. The molecule has 0 aromatic heterocycles. The van der Waals surface area contributed by atoms with Gasteiger partial charge in [0.15, 0.2) is 0 Å². The Kier molecular flexibility index (Phi) is 4.20. The maximum atomic E-state index is 6.11. The smallest absolute Gasteiger partial charge is 0.0961 e. The van der Waals surface area contributed by atoms with Crippen LogP contribution in [0.3, 0.4) is 0 Å². The van der Waals surface area contributed by atoms with Gasteiger partial charge in [0.25, 0.3) is 0 Å². The summed E-state index contributed by atoms with van der Waals surface area (Å²) in [5.41, 5.74) is 3.94. The highest BCUT2D eigenvalue weighted by Crippen LogP contribution is 2.29. The van der Waals surface area contributed by atoms with E-state index in [1.54, 1.807) is 0 Å². The fraction of sp³-hybridized carbons (Fsp3) is 0.500. The predicted molar refractivity (Wildman–Crippen MR) is 76.7 cm³/mol. The van der Waals surface area contributed by atoms with E-state index in [1.165, 1.54) is 16.7 Å². The zero-order valence-corrected chi connectivity index (χ0v) is 11.8. The van der Waals surface area contributed by atoms with Crippen molar-refractivity contribution in [1.82, 2.24) is 4.90 Å². The molecule has 0 spiro atoms.